The van der Waals surface area contributed by atoms with E-state index < -0.39 is 21.5 Å². The maximum Gasteiger partial charge on any atom is 0.237 e. The molecule has 12 heteroatoms. The smallest absolute Gasteiger partial charge is 0.237 e. The van der Waals surface area contributed by atoms with Crippen LogP contribution in [0.25, 0.3) is 22.3 Å². The van der Waals surface area contributed by atoms with E-state index in [1.165, 1.54) is 4.90 Å². The van der Waals surface area contributed by atoms with Crippen LogP contribution in [0.4, 0.5) is 11.5 Å². The third-order valence-corrected chi connectivity index (χ3v) is 7.14. The first-order valence-corrected chi connectivity index (χ1v) is 14.3. The number of benzene rings is 1. The number of carbonyl (C=O) groups is 1. The number of hydrogen-bond donors (Lipinski definition) is 1. The fourth-order valence-corrected chi connectivity index (χ4v) is 5.13. The lowest BCUT2D eigenvalue weighted by Crippen LogP contribution is -2.49. The van der Waals surface area contributed by atoms with Gasteiger partial charge in [0.05, 0.1) is 37.1 Å². The molecule has 3 aromatic rings. The Balaban J connectivity index is 1.32. The number of sulfone groups is 1. The third kappa shape index (κ3) is 6.32. The summed E-state index contributed by atoms with van der Waals surface area (Å²) in [6.45, 7) is 4.59. The van der Waals surface area contributed by atoms with Crippen LogP contribution in [0, 0.1) is 0 Å². The molecule has 0 bridgehead atoms. The highest BCUT2D eigenvalue weighted by molar-refractivity contribution is 7.91. The van der Waals surface area contributed by atoms with E-state index in [-0.39, 0.29) is 6.10 Å². The van der Waals surface area contributed by atoms with Gasteiger partial charge in [-0.1, -0.05) is 12.1 Å². The highest BCUT2D eigenvalue weighted by atomic mass is 32.2. The van der Waals surface area contributed by atoms with Crippen molar-refractivity contribution in [3.8, 4) is 11.3 Å². The minimum absolute atomic E-state index is 0.299. The molecule has 37 heavy (non-hydrogen) atoms. The van der Waals surface area contributed by atoms with Crippen molar-refractivity contribution < 1.29 is 22.7 Å². The van der Waals surface area contributed by atoms with Crippen LogP contribution in [0.3, 0.4) is 0 Å². The highest BCUT2D eigenvalue weighted by Crippen LogP contribution is 2.27. The second kappa shape index (κ2) is 11.0. The van der Waals surface area contributed by atoms with Crippen LogP contribution < -0.4 is 10.2 Å². The second-order valence-electron chi connectivity index (χ2n) is 9.21. The Labute approximate surface area is 215 Å². The number of hydrogen-bond acceptors (Lipinski definition) is 10. The summed E-state index contributed by atoms with van der Waals surface area (Å²) >= 11 is 0. The number of rotatable bonds is 7. The number of ether oxygens (including phenoxy) is 2. The van der Waals surface area contributed by atoms with Crippen molar-refractivity contribution in [2.24, 2.45) is 0 Å². The van der Waals surface area contributed by atoms with Gasteiger partial charge in [-0.3, -0.25) is 9.78 Å². The molecule has 1 unspecified atom stereocenters. The lowest BCUT2D eigenvalue weighted by atomic mass is 10.1. The van der Waals surface area contributed by atoms with Crippen LogP contribution in [-0.4, -0.2) is 105 Å². The number of nitrogens with one attached hydrogen (secondary N) is 1. The van der Waals surface area contributed by atoms with Gasteiger partial charge in [-0.15, -0.1) is 0 Å². The summed E-state index contributed by atoms with van der Waals surface area (Å²) < 4.78 is 34.3. The van der Waals surface area contributed by atoms with E-state index in [0.717, 1.165) is 49.5 Å². The Hall–Kier alpha value is -3.35. The molecule has 0 radical (unpaired) electrons. The van der Waals surface area contributed by atoms with Crippen molar-refractivity contribution in [3.63, 3.8) is 0 Å². The van der Waals surface area contributed by atoms with Crippen molar-refractivity contribution in [3.05, 3.63) is 42.7 Å². The van der Waals surface area contributed by atoms with Gasteiger partial charge in [-0.05, 0) is 18.2 Å². The molecule has 11 nitrogen and oxygen atoms in total. The van der Waals surface area contributed by atoms with Crippen LogP contribution in [0.5, 0.6) is 0 Å². The zero-order valence-corrected chi connectivity index (χ0v) is 21.5. The summed E-state index contributed by atoms with van der Waals surface area (Å²) in [4.78, 5) is 30.0. The Morgan fingerprint density at radius 3 is 2.59 bits per heavy atom. The first kappa shape index (κ1) is 25.3. The van der Waals surface area contributed by atoms with Gasteiger partial charge in [0.25, 0.3) is 0 Å². The van der Waals surface area contributed by atoms with E-state index in [1.807, 2.05) is 6.07 Å². The van der Waals surface area contributed by atoms with Crippen molar-refractivity contribution in [1.29, 1.82) is 0 Å². The predicted octanol–water partition coefficient (Wildman–Crippen LogP) is 1.21. The molecule has 196 valence electrons. The summed E-state index contributed by atoms with van der Waals surface area (Å²) in [5.74, 6) is -0.338. The van der Waals surface area contributed by atoms with Crippen molar-refractivity contribution >= 4 is 38.3 Å². The number of fused-ring (bicyclic) bond motifs is 1. The van der Waals surface area contributed by atoms with Crippen molar-refractivity contribution in [2.75, 3.05) is 74.8 Å². The number of carbonyl (C=O) groups excluding carboxylic acids is 1. The van der Waals surface area contributed by atoms with Crippen molar-refractivity contribution in [2.45, 2.75) is 6.10 Å². The summed E-state index contributed by atoms with van der Waals surface area (Å²) in [6, 6.07) is 10.2. The number of morpholine rings is 2. The van der Waals surface area contributed by atoms with Crippen LogP contribution in [-0.2, 0) is 24.1 Å². The van der Waals surface area contributed by atoms with Gasteiger partial charge in [0.15, 0.2) is 15.7 Å². The summed E-state index contributed by atoms with van der Waals surface area (Å²) in [7, 11) is -3.39. The largest absolute Gasteiger partial charge is 0.378 e. The monoisotopic (exact) mass is 526 g/mol. The van der Waals surface area contributed by atoms with E-state index in [0.29, 0.717) is 43.1 Å². The van der Waals surface area contributed by atoms with Gasteiger partial charge in [0.1, 0.15) is 11.3 Å². The Morgan fingerprint density at radius 2 is 1.84 bits per heavy atom. The maximum absolute atomic E-state index is 12.4. The number of aromatic nitrogens is 3. The van der Waals surface area contributed by atoms with E-state index >= 15 is 0 Å². The standard InChI is InChI=1S/C25H30N6O5S/c1-37(33,34)17-23(32)31-10-13-36-20(16-31)15-28-25-24-22(26-6-7-27-24)14-21(29-25)18-2-4-19(5-3-18)30-8-11-35-12-9-30/h2-7,14,20H,8-13,15-17H2,1H3,(H,28,29). The van der Waals surface area contributed by atoms with Gasteiger partial charge in [-0.2, -0.15) is 0 Å². The zero-order valence-electron chi connectivity index (χ0n) is 20.7. The van der Waals surface area contributed by atoms with Gasteiger partial charge in [0.2, 0.25) is 5.91 Å². The third-order valence-electron chi connectivity index (χ3n) is 6.37. The summed E-state index contributed by atoms with van der Waals surface area (Å²) in [6.07, 6.45) is 4.01. The summed E-state index contributed by atoms with van der Waals surface area (Å²) in [5, 5.41) is 3.32. The molecule has 0 saturated carbocycles. The first-order valence-electron chi connectivity index (χ1n) is 12.2. The molecule has 2 aliphatic heterocycles. The zero-order chi connectivity index (χ0) is 25.8. The van der Waals surface area contributed by atoms with E-state index in [9.17, 15) is 13.2 Å². The molecule has 0 aliphatic carbocycles. The minimum Gasteiger partial charge on any atom is -0.378 e. The maximum atomic E-state index is 12.4. The van der Waals surface area contributed by atoms with E-state index in [2.05, 4.69) is 44.5 Å². The Morgan fingerprint density at radius 1 is 1.08 bits per heavy atom. The molecule has 1 amide bonds. The summed E-state index contributed by atoms with van der Waals surface area (Å²) in [5.41, 5.74) is 4.21. The van der Waals surface area contributed by atoms with Crippen molar-refractivity contribution in [1.82, 2.24) is 19.9 Å². The molecule has 2 aliphatic rings. The highest BCUT2D eigenvalue weighted by Gasteiger charge is 2.26. The van der Waals surface area contributed by atoms with Gasteiger partial charge in [-0.25, -0.2) is 18.4 Å². The van der Waals surface area contributed by atoms with Gasteiger partial charge >= 0.3 is 0 Å². The average molecular weight is 527 g/mol. The molecule has 2 fully saturated rings. The topological polar surface area (TPSA) is 127 Å². The van der Waals surface area contributed by atoms with Gasteiger partial charge in [0, 0.05) is 62.6 Å². The molecule has 4 heterocycles. The van der Waals surface area contributed by atoms with E-state index in [4.69, 9.17) is 14.5 Å². The Bertz CT molecular complexity index is 1360. The molecule has 2 saturated heterocycles. The van der Waals surface area contributed by atoms with Crippen LogP contribution in [0.15, 0.2) is 42.7 Å². The normalized spacial score (nSPS) is 18.7. The lowest BCUT2D eigenvalue weighted by Gasteiger charge is -2.33. The number of nitrogens with zero attached hydrogens (tertiary/aromatic N) is 5. The Kier molecular flexibility index (Phi) is 7.49. The number of anilines is 2. The first-order chi connectivity index (χ1) is 17.9. The molecular formula is C25H30N6O5S. The predicted molar refractivity (Wildman–Crippen MR) is 140 cm³/mol. The fourth-order valence-electron chi connectivity index (χ4n) is 4.50. The minimum atomic E-state index is -3.39. The van der Waals surface area contributed by atoms with Crippen LogP contribution in [0.1, 0.15) is 0 Å². The fraction of sp³-hybridized carbons (Fsp3) is 0.440. The van der Waals surface area contributed by atoms with Crippen LogP contribution >= 0.6 is 0 Å². The quantitative estimate of drug-likeness (QED) is 0.480. The lowest BCUT2D eigenvalue weighted by molar-refractivity contribution is -0.135. The molecule has 0 spiro atoms. The SMILES string of the molecule is CS(=O)(=O)CC(=O)N1CCOC(CNc2nc(-c3ccc(N4CCOCC4)cc3)cc3nccnc23)C1. The molecule has 5 rings (SSSR count). The molecule has 1 N–H and O–H groups in total. The van der Waals surface area contributed by atoms with Gasteiger partial charge < -0.3 is 24.6 Å². The van der Waals surface area contributed by atoms with Crippen LogP contribution in [0.2, 0.25) is 0 Å². The molecule has 2 aromatic heterocycles. The number of amides is 1. The molecule has 1 aromatic carbocycles. The number of pyridine rings is 1. The van der Waals surface area contributed by atoms with E-state index in [1.54, 1.807) is 12.4 Å². The molecule has 1 atom stereocenters. The second-order valence-corrected chi connectivity index (χ2v) is 11.4. The average Bonchev–Trinajstić information content (AvgIpc) is 2.91. The molecular weight excluding hydrogens is 496 g/mol.